The molecule has 10 heteroatoms. The number of halogens is 3. The van der Waals surface area contributed by atoms with E-state index in [1.807, 2.05) is 11.0 Å². The zero-order valence-corrected chi connectivity index (χ0v) is 14.5. The minimum Gasteiger partial charge on any atom is -0.356 e. The lowest BCUT2D eigenvalue weighted by Crippen LogP contribution is -2.40. The molecule has 1 amide bonds. The van der Waals surface area contributed by atoms with Gasteiger partial charge in [-0.1, -0.05) is 0 Å². The summed E-state index contributed by atoms with van der Waals surface area (Å²) < 4.78 is 37.7. The van der Waals surface area contributed by atoms with Gasteiger partial charge < -0.3 is 9.80 Å². The lowest BCUT2D eigenvalue weighted by molar-refractivity contribution is -0.160. The first-order valence-electron chi connectivity index (χ1n) is 8.47. The van der Waals surface area contributed by atoms with Gasteiger partial charge in [0, 0.05) is 48.7 Å². The van der Waals surface area contributed by atoms with Gasteiger partial charge in [-0.05, 0) is 12.5 Å². The number of pyridine rings is 1. The van der Waals surface area contributed by atoms with Gasteiger partial charge in [-0.15, -0.1) is 0 Å². The van der Waals surface area contributed by atoms with Crippen molar-refractivity contribution in [3.05, 3.63) is 24.7 Å². The number of fused-ring (bicyclic) bond motifs is 3. The fraction of sp³-hybridized carbons (Fsp3) is 0.412. The lowest BCUT2D eigenvalue weighted by atomic mass is 10.1. The van der Waals surface area contributed by atoms with E-state index in [1.165, 1.54) is 7.05 Å². The van der Waals surface area contributed by atoms with Crippen LogP contribution in [0.3, 0.4) is 0 Å². The predicted molar refractivity (Wildman–Crippen MR) is 93.2 cm³/mol. The number of anilines is 1. The van der Waals surface area contributed by atoms with Gasteiger partial charge in [-0.3, -0.25) is 9.89 Å². The Morgan fingerprint density at radius 3 is 2.96 bits per heavy atom. The Kier molecular flexibility index (Phi) is 4.12. The minimum atomic E-state index is -4.40. The van der Waals surface area contributed by atoms with Crippen LogP contribution in [0.25, 0.3) is 21.8 Å². The van der Waals surface area contributed by atoms with Crippen LogP contribution in [0.5, 0.6) is 0 Å². The molecule has 1 atom stereocenters. The Balaban J connectivity index is 1.61. The van der Waals surface area contributed by atoms with Crippen molar-refractivity contribution in [2.24, 2.45) is 5.92 Å². The summed E-state index contributed by atoms with van der Waals surface area (Å²) in [7, 11) is 1.19. The van der Waals surface area contributed by atoms with Gasteiger partial charge in [0.1, 0.15) is 12.4 Å². The SMILES string of the molecule is CN(CC(F)(F)F)C(=O)C1CCN(c2[nH]ncc3cnc4nccc4c23)C1. The Morgan fingerprint density at radius 2 is 2.19 bits per heavy atom. The first-order chi connectivity index (χ1) is 12.8. The van der Waals surface area contributed by atoms with Crippen molar-refractivity contribution in [1.29, 1.82) is 0 Å². The second-order valence-corrected chi connectivity index (χ2v) is 6.73. The van der Waals surface area contributed by atoms with Crippen molar-refractivity contribution < 1.29 is 18.0 Å². The summed E-state index contributed by atoms with van der Waals surface area (Å²) in [5.74, 6) is -0.261. The van der Waals surface area contributed by atoms with E-state index in [1.54, 1.807) is 18.6 Å². The number of nitrogens with zero attached hydrogens (tertiary/aromatic N) is 5. The third kappa shape index (κ3) is 3.26. The first kappa shape index (κ1) is 17.5. The summed E-state index contributed by atoms with van der Waals surface area (Å²) in [4.78, 5) is 23.6. The van der Waals surface area contributed by atoms with Crippen molar-refractivity contribution in [3.8, 4) is 0 Å². The summed E-state index contributed by atoms with van der Waals surface area (Å²) in [5.41, 5.74) is 0.611. The fourth-order valence-electron chi connectivity index (χ4n) is 3.61. The first-order valence-corrected chi connectivity index (χ1v) is 8.47. The maximum absolute atomic E-state index is 12.6. The molecule has 27 heavy (non-hydrogen) atoms. The summed E-state index contributed by atoms with van der Waals surface area (Å²) in [5, 5.41) is 9.69. The quantitative estimate of drug-likeness (QED) is 0.757. The Morgan fingerprint density at radius 1 is 1.37 bits per heavy atom. The molecule has 0 saturated carbocycles. The van der Waals surface area contributed by atoms with E-state index in [4.69, 9.17) is 0 Å². The van der Waals surface area contributed by atoms with Crippen molar-refractivity contribution in [2.45, 2.75) is 12.6 Å². The zero-order chi connectivity index (χ0) is 19.2. The van der Waals surface area contributed by atoms with Gasteiger partial charge in [0.2, 0.25) is 5.91 Å². The average molecular weight is 378 g/mol. The summed E-state index contributed by atoms with van der Waals surface area (Å²) in [6.45, 7) is -0.364. The van der Waals surface area contributed by atoms with Gasteiger partial charge in [-0.2, -0.15) is 18.3 Å². The highest BCUT2D eigenvalue weighted by Gasteiger charge is 2.36. The Bertz CT molecular complexity index is 1000. The van der Waals surface area contributed by atoms with Gasteiger partial charge in [-0.25, -0.2) is 9.97 Å². The number of alkyl halides is 3. The van der Waals surface area contributed by atoms with Crippen molar-refractivity contribution >= 4 is 33.5 Å². The van der Waals surface area contributed by atoms with Crippen LogP contribution in [0, 0.1) is 5.92 Å². The Labute approximate surface area is 152 Å². The van der Waals surface area contributed by atoms with Crippen molar-refractivity contribution in [2.75, 3.05) is 31.6 Å². The zero-order valence-electron chi connectivity index (χ0n) is 14.5. The molecular formula is C17H17F3N6O. The molecule has 0 aromatic carbocycles. The molecule has 0 radical (unpaired) electrons. The van der Waals surface area contributed by atoms with Crippen LogP contribution in [0.2, 0.25) is 0 Å². The molecule has 4 rings (SSSR count). The van der Waals surface area contributed by atoms with E-state index < -0.39 is 24.5 Å². The molecule has 3 aromatic rings. The molecule has 142 valence electrons. The van der Waals surface area contributed by atoms with Gasteiger partial charge in [0.15, 0.2) is 5.65 Å². The summed E-state index contributed by atoms with van der Waals surface area (Å²) in [6, 6.07) is 1.86. The maximum Gasteiger partial charge on any atom is 0.406 e. The molecule has 0 spiro atoms. The minimum absolute atomic E-state index is 0.330. The van der Waals surface area contributed by atoms with Gasteiger partial charge in [0.25, 0.3) is 0 Å². The number of H-pyrrole nitrogens is 1. The third-order valence-electron chi connectivity index (χ3n) is 4.82. The van der Waals surface area contributed by atoms with E-state index in [2.05, 4.69) is 20.2 Å². The highest BCUT2D eigenvalue weighted by molar-refractivity contribution is 6.10. The number of carbonyl (C=O) groups excluding carboxylic acids is 1. The average Bonchev–Trinajstić information content (AvgIpc) is 3.28. The number of carbonyl (C=O) groups is 1. The normalized spacial score (nSPS) is 17.8. The van der Waals surface area contributed by atoms with E-state index in [-0.39, 0.29) is 0 Å². The smallest absolute Gasteiger partial charge is 0.356 e. The molecule has 1 fully saturated rings. The van der Waals surface area contributed by atoms with E-state index in [0.29, 0.717) is 25.2 Å². The number of nitrogens with one attached hydrogen (secondary N) is 1. The van der Waals surface area contributed by atoms with Crippen LogP contribution in [0.4, 0.5) is 19.0 Å². The van der Waals surface area contributed by atoms with Gasteiger partial charge in [0.05, 0.1) is 12.1 Å². The largest absolute Gasteiger partial charge is 0.406 e. The summed E-state index contributed by atoms with van der Waals surface area (Å²) >= 11 is 0. The number of rotatable bonds is 3. The van der Waals surface area contributed by atoms with Crippen LogP contribution < -0.4 is 4.90 Å². The molecule has 4 heterocycles. The van der Waals surface area contributed by atoms with E-state index in [0.717, 1.165) is 26.9 Å². The molecule has 1 aliphatic rings. The molecule has 1 aliphatic heterocycles. The van der Waals surface area contributed by atoms with Crippen LogP contribution in [0.1, 0.15) is 6.42 Å². The molecule has 3 aromatic heterocycles. The topological polar surface area (TPSA) is 78.0 Å². The molecule has 1 unspecified atom stereocenters. The van der Waals surface area contributed by atoms with Crippen LogP contribution in [-0.2, 0) is 4.79 Å². The third-order valence-corrected chi connectivity index (χ3v) is 4.82. The molecule has 1 saturated heterocycles. The highest BCUT2D eigenvalue weighted by Crippen LogP contribution is 2.33. The van der Waals surface area contributed by atoms with Crippen molar-refractivity contribution in [1.82, 2.24) is 25.1 Å². The number of hydrogen-bond donors (Lipinski definition) is 1. The van der Waals surface area contributed by atoms with E-state index >= 15 is 0 Å². The second-order valence-electron chi connectivity index (χ2n) is 6.73. The van der Waals surface area contributed by atoms with Crippen LogP contribution >= 0.6 is 0 Å². The van der Waals surface area contributed by atoms with Gasteiger partial charge >= 0.3 is 6.18 Å². The number of aromatic nitrogens is 4. The van der Waals surface area contributed by atoms with Crippen LogP contribution in [0.15, 0.2) is 24.7 Å². The van der Waals surface area contributed by atoms with Crippen LogP contribution in [-0.4, -0.2) is 63.8 Å². The number of hydrogen-bond acceptors (Lipinski definition) is 5. The standard InChI is InChI=1S/C17H17F3N6O/c1-25(9-17(18,19)20)16(27)10-3-5-26(8-10)15-13-11(7-23-24-15)6-22-14-12(13)2-4-21-14/h2,4,6-7,10,24H,3,5,8-9H2,1H3. The lowest BCUT2D eigenvalue weighted by Gasteiger charge is -2.23. The van der Waals surface area contributed by atoms with E-state index in [9.17, 15) is 18.0 Å². The highest BCUT2D eigenvalue weighted by atomic mass is 19.4. The second kappa shape index (κ2) is 6.36. The van der Waals surface area contributed by atoms with Crippen molar-refractivity contribution in [3.63, 3.8) is 0 Å². The molecular weight excluding hydrogens is 361 g/mol. The molecule has 7 nitrogen and oxygen atoms in total. The monoisotopic (exact) mass is 378 g/mol. The molecule has 0 bridgehead atoms. The summed E-state index contributed by atoms with van der Waals surface area (Å²) in [6.07, 6.45) is 1.10. The number of aromatic amines is 1. The maximum atomic E-state index is 12.6. The molecule has 0 aliphatic carbocycles. The predicted octanol–water partition coefficient (Wildman–Crippen LogP) is 2.35. The number of amides is 1. The fourth-order valence-corrected chi connectivity index (χ4v) is 3.61. The Hall–Kier alpha value is -2.91. The molecule has 1 N–H and O–H groups in total.